The first-order valence-electron chi connectivity index (χ1n) is 8.47. The van der Waals surface area contributed by atoms with Crippen molar-refractivity contribution >= 4 is 23.9 Å². The lowest BCUT2D eigenvalue weighted by atomic mass is 9.91. The fraction of sp³-hybridized carbons (Fsp3) is 0.412. The molecule has 0 spiro atoms. The molecule has 3 N–H and O–H groups in total. The van der Waals surface area contributed by atoms with Gasteiger partial charge in [0, 0.05) is 6.54 Å². The number of amides is 6. The Balaban J connectivity index is 1.76. The fourth-order valence-corrected chi connectivity index (χ4v) is 2.91. The first-order chi connectivity index (χ1) is 12.8. The van der Waals surface area contributed by atoms with Crippen LogP contribution in [0.5, 0.6) is 11.5 Å². The van der Waals surface area contributed by atoms with E-state index in [2.05, 4.69) is 16.0 Å². The molecular formula is C17H20N4O6. The third-order valence-corrected chi connectivity index (χ3v) is 4.29. The second-order valence-corrected chi connectivity index (χ2v) is 6.21. The van der Waals surface area contributed by atoms with Crippen molar-refractivity contribution in [2.24, 2.45) is 0 Å². The van der Waals surface area contributed by atoms with Gasteiger partial charge in [-0.2, -0.15) is 0 Å². The van der Waals surface area contributed by atoms with Crippen LogP contribution < -0.4 is 25.4 Å². The molecule has 10 nitrogen and oxygen atoms in total. The van der Waals surface area contributed by atoms with Crippen molar-refractivity contribution in [3.05, 3.63) is 23.8 Å². The van der Waals surface area contributed by atoms with E-state index in [0.717, 1.165) is 4.90 Å². The molecule has 10 heteroatoms. The average Bonchev–Trinajstić information content (AvgIpc) is 2.85. The molecule has 1 aromatic carbocycles. The minimum absolute atomic E-state index is 0.338. The predicted octanol–water partition coefficient (Wildman–Crippen LogP) is 0.0705. The Bertz CT molecular complexity index is 811. The van der Waals surface area contributed by atoms with Crippen molar-refractivity contribution in [3.63, 3.8) is 0 Å². The van der Waals surface area contributed by atoms with Crippen LogP contribution in [0.15, 0.2) is 18.2 Å². The number of nitrogens with zero attached hydrogens (tertiary/aromatic N) is 1. The highest BCUT2D eigenvalue weighted by Crippen LogP contribution is 2.36. The molecule has 3 rings (SSSR count). The van der Waals surface area contributed by atoms with E-state index in [9.17, 15) is 19.2 Å². The van der Waals surface area contributed by atoms with Crippen LogP contribution >= 0.6 is 0 Å². The van der Waals surface area contributed by atoms with E-state index in [1.54, 1.807) is 32.0 Å². The van der Waals surface area contributed by atoms with E-state index in [0.29, 0.717) is 36.8 Å². The zero-order valence-corrected chi connectivity index (χ0v) is 15.0. The van der Waals surface area contributed by atoms with Crippen molar-refractivity contribution in [2.75, 3.05) is 26.3 Å². The van der Waals surface area contributed by atoms with E-state index in [1.165, 1.54) is 0 Å². The van der Waals surface area contributed by atoms with Gasteiger partial charge in [-0.1, -0.05) is 6.07 Å². The molecule has 2 aliphatic rings. The van der Waals surface area contributed by atoms with Crippen molar-refractivity contribution in [1.82, 2.24) is 20.9 Å². The van der Waals surface area contributed by atoms with Crippen LogP contribution in [0, 0.1) is 0 Å². The normalized spacial score (nSPS) is 20.9. The third kappa shape index (κ3) is 3.50. The Morgan fingerprint density at radius 3 is 2.63 bits per heavy atom. The third-order valence-electron chi connectivity index (χ3n) is 4.29. The van der Waals surface area contributed by atoms with Gasteiger partial charge >= 0.3 is 12.1 Å². The molecule has 0 bridgehead atoms. The van der Waals surface area contributed by atoms with Crippen LogP contribution in [0.1, 0.15) is 19.4 Å². The largest absolute Gasteiger partial charge is 0.486 e. The second-order valence-electron chi connectivity index (χ2n) is 6.21. The number of imide groups is 2. The number of fused-ring (bicyclic) bond motifs is 1. The van der Waals surface area contributed by atoms with Crippen LogP contribution in [0.2, 0.25) is 0 Å². The average molecular weight is 376 g/mol. The highest BCUT2D eigenvalue weighted by atomic mass is 16.6. The second kappa shape index (κ2) is 7.14. The molecule has 144 valence electrons. The van der Waals surface area contributed by atoms with Crippen LogP contribution in [0.3, 0.4) is 0 Å². The molecule has 0 aromatic heterocycles. The molecule has 1 fully saturated rings. The van der Waals surface area contributed by atoms with Gasteiger partial charge in [0.15, 0.2) is 11.5 Å². The van der Waals surface area contributed by atoms with Crippen molar-refractivity contribution in [3.8, 4) is 11.5 Å². The van der Waals surface area contributed by atoms with Gasteiger partial charge in [0.1, 0.15) is 25.3 Å². The maximum Gasteiger partial charge on any atom is 0.325 e. The van der Waals surface area contributed by atoms with Gasteiger partial charge < -0.3 is 20.1 Å². The topological polar surface area (TPSA) is 126 Å². The number of carbonyl (C=O) groups excluding carboxylic acids is 4. The Morgan fingerprint density at radius 1 is 1.22 bits per heavy atom. The lowest BCUT2D eigenvalue weighted by molar-refractivity contribution is -0.134. The molecule has 0 saturated carbocycles. The summed E-state index contributed by atoms with van der Waals surface area (Å²) >= 11 is 0. The number of carbonyl (C=O) groups is 4. The molecule has 0 unspecified atom stereocenters. The lowest BCUT2D eigenvalue weighted by Crippen LogP contribution is -2.46. The summed E-state index contributed by atoms with van der Waals surface area (Å²) in [5.74, 6) is -0.330. The van der Waals surface area contributed by atoms with Gasteiger partial charge in [-0.15, -0.1) is 0 Å². The quantitative estimate of drug-likeness (QED) is 0.639. The van der Waals surface area contributed by atoms with E-state index in [4.69, 9.17) is 9.47 Å². The summed E-state index contributed by atoms with van der Waals surface area (Å²) in [6, 6.07) is 3.54. The van der Waals surface area contributed by atoms with E-state index in [1.807, 2.05) is 0 Å². The summed E-state index contributed by atoms with van der Waals surface area (Å²) in [6.45, 7) is 3.83. The van der Waals surface area contributed by atoms with E-state index < -0.39 is 36.0 Å². The van der Waals surface area contributed by atoms with E-state index in [-0.39, 0.29) is 0 Å². The monoisotopic (exact) mass is 376 g/mol. The number of benzene rings is 1. The van der Waals surface area contributed by atoms with E-state index >= 15 is 0 Å². The molecule has 1 aromatic rings. The molecular weight excluding hydrogens is 356 g/mol. The molecule has 6 amide bonds. The van der Waals surface area contributed by atoms with Gasteiger partial charge in [0.05, 0.1) is 0 Å². The Labute approximate surface area is 155 Å². The number of ether oxygens (including phenoxy) is 2. The van der Waals surface area contributed by atoms with Crippen LogP contribution in [-0.4, -0.2) is 55.1 Å². The summed E-state index contributed by atoms with van der Waals surface area (Å²) in [5, 5.41) is 7.05. The molecule has 2 aliphatic heterocycles. The van der Waals surface area contributed by atoms with Crippen LogP contribution in [0.4, 0.5) is 9.59 Å². The first-order valence-corrected chi connectivity index (χ1v) is 8.47. The van der Waals surface area contributed by atoms with Gasteiger partial charge in [0.2, 0.25) is 5.91 Å². The van der Waals surface area contributed by atoms with Crippen LogP contribution in [-0.2, 0) is 15.1 Å². The molecule has 1 atom stereocenters. The maximum absolute atomic E-state index is 12.8. The zero-order valence-electron chi connectivity index (χ0n) is 15.0. The Kier molecular flexibility index (Phi) is 4.89. The van der Waals surface area contributed by atoms with Gasteiger partial charge in [-0.05, 0) is 31.5 Å². The number of urea groups is 2. The lowest BCUT2D eigenvalue weighted by Gasteiger charge is -2.25. The van der Waals surface area contributed by atoms with Crippen molar-refractivity contribution in [1.29, 1.82) is 0 Å². The number of nitrogens with one attached hydrogen (secondary N) is 3. The zero-order chi connectivity index (χ0) is 19.6. The minimum Gasteiger partial charge on any atom is -0.486 e. The number of hydrogen-bond donors (Lipinski definition) is 3. The summed E-state index contributed by atoms with van der Waals surface area (Å²) in [7, 11) is 0. The molecule has 0 aliphatic carbocycles. The highest BCUT2D eigenvalue weighted by molar-refractivity contribution is 6.10. The van der Waals surface area contributed by atoms with Gasteiger partial charge in [-0.25, -0.2) is 9.59 Å². The fourth-order valence-electron chi connectivity index (χ4n) is 2.91. The SMILES string of the molecule is CCNC(=O)NC(=O)CN1C(=O)N[C@](C)(c2ccc3c(c2)OCCO3)C1=O. The molecule has 0 radical (unpaired) electrons. The Morgan fingerprint density at radius 2 is 1.93 bits per heavy atom. The standard InChI is InChI=1S/C17H20N4O6/c1-3-18-15(24)19-13(22)9-21-14(23)17(2,20-16(21)25)10-4-5-11-12(8-10)27-7-6-26-11/h4-5,8H,3,6-7,9H2,1-2H3,(H,20,25)(H2,18,19,22,24)/t17-/m1/s1. The summed E-state index contributed by atoms with van der Waals surface area (Å²) in [5.41, 5.74) is -0.865. The molecule has 2 heterocycles. The summed E-state index contributed by atoms with van der Waals surface area (Å²) in [6.07, 6.45) is 0. The molecule has 1 saturated heterocycles. The number of rotatable bonds is 4. The Hall–Kier alpha value is -3.30. The van der Waals surface area contributed by atoms with Crippen LogP contribution in [0.25, 0.3) is 0 Å². The minimum atomic E-state index is -1.36. The van der Waals surface area contributed by atoms with Gasteiger partial charge in [0.25, 0.3) is 5.91 Å². The predicted molar refractivity (Wildman–Crippen MR) is 92.2 cm³/mol. The smallest absolute Gasteiger partial charge is 0.325 e. The summed E-state index contributed by atoms with van der Waals surface area (Å²) in [4.78, 5) is 49.2. The maximum atomic E-state index is 12.8. The molecule has 27 heavy (non-hydrogen) atoms. The van der Waals surface area contributed by atoms with Crippen molar-refractivity contribution in [2.45, 2.75) is 19.4 Å². The summed E-state index contributed by atoms with van der Waals surface area (Å²) < 4.78 is 11.0. The number of hydrogen-bond acceptors (Lipinski definition) is 6. The van der Waals surface area contributed by atoms with Crippen molar-refractivity contribution < 1.29 is 28.7 Å². The first kappa shape index (κ1) is 18.5. The van der Waals surface area contributed by atoms with Gasteiger partial charge in [-0.3, -0.25) is 19.8 Å². The highest BCUT2D eigenvalue weighted by Gasteiger charge is 2.49.